The van der Waals surface area contributed by atoms with Crippen LogP contribution in [0, 0.1) is 0 Å². The first-order chi connectivity index (χ1) is 11.3. The molecule has 0 bridgehead atoms. The summed E-state index contributed by atoms with van der Waals surface area (Å²) in [5.41, 5.74) is 9.72. The van der Waals surface area contributed by atoms with Gasteiger partial charge < -0.3 is 14.9 Å². The number of aromatic nitrogens is 2. The van der Waals surface area contributed by atoms with Gasteiger partial charge in [-0.05, 0) is 42.5 Å². The molecule has 5 heteroatoms. The fraction of sp³-hybridized carbons (Fsp3) is 0.0556. The molecule has 0 spiro atoms. The number of hydrogen-bond donors (Lipinski definition) is 1. The monoisotopic (exact) mass is 305 g/mol. The number of para-hydroxylation sites is 2. The van der Waals surface area contributed by atoms with E-state index < -0.39 is 0 Å². The van der Waals surface area contributed by atoms with Crippen molar-refractivity contribution < 1.29 is 9.15 Å². The van der Waals surface area contributed by atoms with Gasteiger partial charge in [-0.15, -0.1) is 0 Å². The van der Waals surface area contributed by atoms with Gasteiger partial charge in [-0.2, -0.15) is 0 Å². The molecule has 0 aliphatic heterocycles. The molecule has 5 nitrogen and oxygen atoms in total. The Balaban J connectivity index is 1.96. The van der Waals surface area contributed by atoms with Gasteiger partial charge >= 0.3 is 0 Å². The zero-order chi connectivity index (χ0) is 15.8. The molecule has 2 aromatic heterocycles. The van der Waals surface area contributed by atoms with Crippen molar-refractivity contribution in [3.8, 4) is 22.8 Å². The van der Waals surface area contributed by atoms with E-state index in [1.54, 1.807) is 13.4 Å². The van der Waals surface area contributed by atoms with Crippen LogP contribution in [0.1, 0.15) is 0 Å². The van der Waals surface area contributed by atoms with Crippen LogP contribution in [0.15, 0.2) is 65.3 Å². The van der Waals surface area contributed by atoms with Gasteiger partial charge in [0.15, 0.2) is 0 Å². The Morgan fingerprint density at radius 2 is 1.96 bits per heavy atom. The minimum absolute atomic E-state index is 0.446. The molecule has 0 fully saturated rings. The van der Waals surface area contributed by atoms with Crippen molar-refractivity contribution in [3.05, 3.63) is 60.9 Å². The van der Waals surface area contributed by atoms with Crippen molar-refractivity contribution in [1.82, 2.24) is 9.55 Å². The Morgan fingerprint density at radius 1 is 1.09 bits per heavy atom. The maximum Gasteiger partial charge on any atom is 0.205 e. The van der Waals surface area contributed by atoms with E-state index in [2.05, 4.69) is 4.98 Å². The lowest BCUT2D eigenvalue weighted by Crippen LogP contribution is -2.01. The van der Waals surface area contributed by atoms with Crippen molar-refractivity contribution >= 4 is 17.0 Å². The van der Waals surface area contributed by atoms with Crippen LogP contribution < -0.4 is 10.5 Å². The zero-order valence-corrected chi connectivity index (χ0v) is 12.6. The number of imidazole rings is 1. The predicted molar refractivity (Wildman–Crippen MR) is 89.7 cm³/mol. The number of ether oxygens (including phenoxy) is 1. The normalized spacial score (nSPS) is 11.0. The van der Waals surface area contributed by atoms with Crippen LogP contribution >= 0.6 is 0 Å². The standard InChI is InChI=1S/C18H15N3O2/c1-22-16-9-8-12(11-13(16)17-7-4-10-23-17)21-15-6-3-2-5-14(15)20-18(21)19/h2-11H,1H3,(H2,19,20). The molecule has 4 rings (SSSR count). The van der Waals surface area contributed by atoms with Gasteiger partial charge in [0.05, 0.1) is 35.7 Å². The average molecular weight is 305 g/mol. The first kappa shape index (κ1) is 13.5. The maximum atomic E-state index is 6.12. The van der Waals surface area contributed by atoms with E-state index in [0.29, 0.717) is 5.95 Å². The minimum atomic E-state index is 0.446. The Kier molecular flexibility index (Phi) is 3.05. The molecule has 0 atom stereocenters. The van der Waals surface area contributed by atoms with Crippen molar-refractivity contribution in [3.63, 3.8) is 0 Å². The summed E-state index contributed by atoms with van der Waals surface area (Å²) in [7, 11) is 1.64. The fourth-order valence-electron chi connectivity index (χ4n) is 2.78. The average Bonchev–Trinajstić information content (AvgIpc) is 3.21. The molecule has 23 heavy (non-hydrogen) atoms. The molecule has 0 amide bonds. The van der Waals surface area contributed by atoms with E-state index in [4.69, 9.17) is 14.9 Å². The van der Waals surface area contributed by atoms with Crippen molar-refractivity contribution in [2.45, 2.75) is 0 Å². The minimum Gasteiger partial charge on any atom is -0.496 e. The molecule has 0 aliphatic rings. The highest BCUT2D eigenvalue weighted by Crippen LogP contribution is 2.34. The second-order valence-electron chi connectivity index (χ2n) is 5.16. The van der Waals surface area contributed by atoms with Gasteiger partial charge in [-0.25, -0.2) is 4.98 Å². The summed E-state index contributed by atoms with van der Waals surface area (Å²) in [5, 5.41) is 0. The first-order valence-corrected chi connectivity index (χ1v) is 7.23. The quantitative estimate of drug-likeness (QED) is 0.624. The Morgan fingerprint density at radius 3 is 2.74 bits per heavy atom. The van der Waals surface area contributed by atoms with Gasteiger partial charge in [0.1, 0.15) is 11.5 Å². The summed E-state index contributed by atoms with van der Waals surface area (Å²) in [6.07, 6.45) is 1.64. The summed E-state index contributed by atoms with van der Waals surface area (Å²) in [6.45, 7) is 0. The van der Waals surface area contributed by atoms with Crippen molar-refractivity contribution in [2.24, 2.45) is 0 Å². The van der Waals surface area contributed by atoms with E-state index in [0.717, 1.165) is 33.8 Å². The van der Waals surface area contributed by atoms with Crippen LogP contribution in [-0.2, 0) is 0 Å². The lowest BCUT2D eigenvalue weighted by atomic mass is 10.1. The number of methoxy groups -OCH3 is 1. The number of nitrogens with two attached hydrogens (primary N) is 1. The Bertz CT molecular complexity index is 971. The number of fused-ring (bicyclic) bond motifs is 1. The molecular formula is C18H15N3O2. The number of hydrogen-bond acceptors (Lipinski definition) is 4. The van der Waals surface area contributed by atoms with E-state index in [1.165, 1.54) is 0 Å². The lowest BCUT2D eigenvalue weighted by molar-refractivity contribution is 0.414. The van der Waals surface area contributed by atoms with E-state index in [9.17, 15) is 0 Å². The van der Waals surface area contributed by atoms with Gasteiger partial charge in [0, 0.05) is 0 Å². The summed E-state index contributed by atoms with van der Waals surface area (Å²) in [6, 6.07) is 17.5. The summed E-state index contributed by atoms with van der Waals surface area (Å²) < 4.78 is 12.9. The molecule has 0 saturated carbocycles. The summed E-state index contributed by atoms with van der Waals surface area (Å²) in [5.74, 6) is 1.93. The highest BCUT2D eigenvalue weighted by Gasteiger charge is 2.14. The SMILES string of the molecule is COc1ccc(-n2c(N)nc3ccccc32)cc1-c1ccco1. The molecule has 2 heterocycles. The fourth-order valence-corrected chi connectivity index (χ4v) is 2.78. The largest absolute Gasteiger partial charge is 0.496 e. The zero-order valence-electron chi connectivity index (χ0n) is 12.6. The second kappa shape index (κ2) is 5.21. The van der Waals surface area contributed by atoms with Gasteiger partial charge in [-0.1, -0.05) is 12.1 Å². The highest BCUT2D eigenvalue weighted by molar-refractivity contribution is 5.81. The third kappa shape index (κ3) is 2.14. The molecule has 4 aromatic rings. The van der Waals surface area contributed by atoms with Crippen molar-refractivity contribution in [1.29, 1.82) is 0 Å². The third-order valence-corrected chi connectivity index (χ3v) is 3.81. The number of benzene rings is 2. The molecular weight excluding hydrogens is 290 g/mol. The third-order valence-electron chi connectivity index (χ3n) is 3.81. The second-order valence-corrected chi connectivity index (χ2v) is 5.16. The summed E-state index contributed by atoms with van der Waals surface area (Å²) in [4.78, 5) is 4.41. The van der Waals surface area contributed by atoms with Gasteiger partial charge in [0.25, 0.3) is 0 Å². The number of furan rings is 1. The Labute approximate surface area is 132 Å². The molecule has 114 valence electrons. The van der Waals surface area contributed by atoms with E-state index in [-0.39, 0.29) is 0 Å². The highest BCUT2D eigenvalue weighted by atomic mass is 16.5. The van der Waals surface area contributed by atoms with Crippen LogP contribution in [0.2, 0.25) is 0 Å². The van der Waals surface area contributed by atoms with Gasteiger partial charge in [0.2, 0.25) is 5.95 Å². The molecule has 0 saturated heterocycles. The summed E-state index contributed by atoms with van der Waals surface area (Å²) >= 11 is 0. The van der Waals surface area contributed by atoms with E-state index >= 15 is 0 Å². The number of anilines is 1. The number of rotatable bonds is 3. The lowest BCUT2D eigenvalue weighted by Gasteiger charge is -2.11. The van der Waals surface area contributed by atoms with Crippen LogP contribution in [-0.4, -0.2) is 16.7 Å². The van der Waals surface area contributed by atoms with Gasteiger partial charge in [-0.3, -0.25) is 4.57 Å². The molecule has 0 radical (unpaired) electrons. The molecule has 2 N–H and O–H groups in total. The predicted octanol–water partition coefficient (Wildman–Crippen LogP) is 3.88. The molecule has 0 aliphatic carbocycles. The van der Waals surface area contributed by atoms with Crippen LogP contribution in [0.5, 0.6) is 5.75 Å². The maximum absolute atomic E-state index is 6.12. The smallest absolute Gasteiger partial charge is 0.205 e. The molecule has 2 aromatic carbocycles. The topological polar surface area (TPSA) is 66.2 Å². The van der Waals surface area contributed by atoms with Crippen LogP contribution in [0.25, 0.3) is 28.0 Å². The first-order valence-electron chi connectivity index (χ1n) is 7.23. The van der Waals surface area contributed by atoms with Crippen LogP contribution in [0.3, 0.4) is 0 Å². The molecule has 0 unspecified atom stereocenters. The van der Waals surface area contributed by atoms with E-state index in [1.807, 2.05) is 59.2 Å². The van der Waals surface area contributed by atoms with Crippen LogP contribution in [0.4, 0.5) is 5.95 Å². The number of nitrogen functional groups attached to an aromatic ring is 1. The Hall–Kier alpha value is -3.21. The number of nitrogens with zero attached hydrogens (tertiary/aromatic N) is 2. The van der Waals surface area contributed by atoms with Crippen molar-refractivity contribution in [2.75, 3.05) is 12.8 Å².